The number of thioether (sulfide) groups is 1. The molecule has 0 saturated heterocycles. The van der Waals surface area contributed by atoms with E-state index in [0.717, 1.165) is 17.0 Å². The molecule has 0 spiro atoms. The van der Waals surface area contributed by atoms with Crippen molar-refractivity contribution in [3.63, 3.8) is 0 Å². The Morgan fingerprint density at radius 1 is 1.31 bits per heavy atom. The van der Waals surface area contributed by atoms with E-state index in [9.17, 15) is 9.59 Å². The van der Waals surface area contributed by atoms with Crippen LogP contribution in [-0.2, 0) is 11.2 Å². The van der Waals surface area contributed by atoms with Crippen LogP contribution in [0.3, 0.4) is 0 Å². The van der Waals surface area contributed by atoms with Crippen molar-refractivity contribution in [3.05, 3.63) is 51.8 Å². The molecule has 0 fully saturated rings. The summed E-state index contributed by atoms with van der Waals surface area (Å²) in [7, 11) is 0. The van der Waals surface area contributed by atoms with Crippen molar-refractivity contribution >= 4 is 29.1 Å². The van der Waals surface area contributed by atoms with Gasteiger partial charge in [0, 0.05) is 28.2 Å². The van der Waals surface area contributed by atoms with Gasteiger partial charge in [-0.2, -0.15) is 4.98 Å². The molecule has 0 aliphatic heterocycles. The van der Waals surface area contributed by atoms with Gasteiger partial charge in [0.05, 0.1) is 6.42 Å². The molecule has 0 unspecified atom stereocenters. The minimum atomic E-state index is -0.638. The van der Waals surface area contributed by atoms with Crippen molar-refractivity contribution in [1.29, 1.82) is 0 Å². The number of carbonyl (C=O) groups is 1. The van der Waals surface area contributed by atoms with Crippen molar-refractivity contribution in [2.75, 3.05) is 11.6 Å². The molecule has 0 bridgehead atoms. The summed E-state index contributed by atoms with van der Waals surface area (Å²) >= 11 is 1.44. The first-order valence-corrected chi connectivity index (χ1v) is 9.90. The topological polar surface area (TPSA) is 131 Å². The SMILES string of the molecule is CSc1nc2nc(C)c(CC(=O)Nc3cccc(-c4noc(=O)[nH]4)c3)c(C)n2n1. The maximum Gasteiger partial charge on any atom is 0.439 e. The number of hydrogen-bond acceptors (Lipinski definition) is 8. The highest BCUT2D eigenvalue weighted by Crippen LogP contribution is 2.20. The number of benzene rings is 1. The van der Waals surface area contributed by atoms with Crippen molar-refractivity contribution in [2.24, 2.45) is 0 Å². The smallest absolute Gasteiger partial charge is 0.326 e. The highest BCUT2D eigenvalue weighted by atomic mass is 32.2. The maximum atomic E-state index is 12.7. The molecule has 0 aliphatic carbocycles. The standard InChI is InChI=1S/C18H17N7O3S/c1-9-13(10(2)25-16(19-9)22-17(23-25)29-3)8-14(26)20-12-6-4-5-11(7-12)15-21-18(27)28-24-15/h4-7H,8H2,1-3H3,(H,20,26)(H,21,24,27). The van der Waals surface area contributed by atoms with Crippen LogP contribution in [0.5, 0.6) is 0 Å². The van der Waals surface area contributed by atoms with E-state index in [2.05, 4.69) is 35.0 Å². The normalized spacial score (nSPS) is 11.1. The summed E-state index contributed by atoms with van der Waals surface area (Å²) in [5.41, 5.74) is 3.55. The average molecular weight is 411 g/mol. The predicted molar refractivity (Wildman–Crippen MR) is 107 cm³/mol. The van der Waals surface area contributed by atoms with Gasteiger partial charge in [0.1, 0.15) is 0 Å². The van der Waals surface area contributed by atoms with Gasteiger partial charge in [-0.05, 0) is 32.2 Å². The molecule has 3 aromatic heterocycles. The first-order chi connectivity index (χ1) is 13.9. The van der Waals surface area contributed by atoms with Gasteiger partial charge in [-0.3, -0.25) is 14.3 Å². The molecular weight excluding hydrogens is 394 g/mol. The number of aromatic nitrogens is 6. The predicted octanol–water partition coefficient (Wildman–Crippen LogP) is 1.99. The number of nitrogens with one attached hydrogen (secondary N) is 2. The minimum absolute atomic E-state index is 0.139. The van der Waals surface area contributed by atoms with Crippen LogP contribution in [0.4, 0.5) is 5.69 Å². The number of rotatable bonds is 5. The third-order valence-electron chi connectivity index (χ3n) is 4.41. The second kappa shape index (κ2) is 7.51. The fourth-order valence-corrected chi connectivity index (χ4v) is 3.33. The third-order valence-corrected chi connectivity index (χ3v) is 4.95. The summed E-state index contributed by atoms with van der Waals surface area (Å²) in [6.45, 7) is 3.75. The molecule has 4 rings (SSSR count). The Balaban J connectivity index is 1.57. The third kappa shape index (κ3) is 3.76. The molecule has 10 nitrogen and oxygen atoms in total. The van der Waals surface area contributed by atoms with Gasteiger partial charge in [0.25, 0.3) is 5.78 Å². The zero-order valence-electron chi connectivity index (χ0n) is 15.9. The number of carbonyl (C=O) groups excluding carboxylic acids is 1. The number of aromatic amines is 1. The summed E-state index contributed by atoms with van der Waals surface area (Å²) < 4.78 is 6.18. The number of fused-ring (bicyclic) bond motifs is 1. The first-order valence-electron chi connectivity index (χ1n) is 8.67. The van der Waals surface area contributed by atoms with Crippen molar-refractivity contribution in [2.45, 2.75) is 25.4 Å². The summed E-state index contributed by atoms with van der Waals surface area (Å²) in [4.78, 5) is 35.1. The van der Waals surface area contributed by atoms with Gasteiger partial charge in [0.2, 0.25) is 11.1 Å². The van der Waals surface area contributed by atoms with E-state index >= 15 is 0 Å². The molecule has 4 aromatic rings. The van der Waals surface area contributed by atoms with Crippen LogP contribution in [0.2, 0.25) is 0 Å². The molecule has 1 aromatic carbocycles. The van der Waals surface area contributed by atoms with E-state index < -0.39 is 5.76 Å². The zero-order valence-corrected chi connectivity index (χ0v) is 16.7. The van der Waals surface area contributed by atoms with Crippen LogP contribution in [0.25, 0.3) is 17.2 Å². The largest absolute Gasteiger partial charge is 0.439 e. The molecule has 148 valence electrons. The Morgan fingerprint density at radius 2 is 2.14 bits per heavy atom. The number of hydrogen-bond donors (Lipinski definition) is 2. The lowest BCUT2D eigenvalue weighted by Gasteiger charge is -2.11. The Bertz CT molecular complexity index is 1270. The molecule has 1 amide bonds. The average Bonchev–Trinajstić information content (AvgIpc) is 3.31. The quantitative estimate of drug-likeness (QED) is 0.477. The van der Waals surface area contributed by atoms with E-state index in [1.807, 2.05) is 20.1 Å². The van der Waals surface area contributed by atoms with E-state index in [4.69, 9.17) is 0 Å². The number of nitrogens with zero attached hydrogens (tertiary/aromatic N) is 5. The van der Waals surface area contributed by atoms with E-state index in [0.29, 0.717) is 28.0 Å². The van der Waals surface area contributed by atoms with Crippen LogP contribution in [-0.4, -0.2) is 41.9 Å². The van der Waals surface area contributed by atoms with E-state index in [1.54, 1.807) is 28.8 Å². The highest BCUT2D eigenvalue weighted by molar-refractivity contribution is 7.98. The van der Waals surface area contributed by atoms with Crippen molar-refractivity contribution in [3.8, 4) is 11.4 Å². The molecule has 2 N–H and O–H groups in total. The zero-order chi connectivity index (χ0) is 20.5. The second-order valence-corrected chi connectivity index (χ2v) is 7.09. The monoisotopic (exact) mass is 411 g/mol. The molecule has 0 saturated carbocycles. The molecule has 11 heteroatoms. The molecular formula is C18H17N7O3S. The van der Waals surface area contributed by atoms with Gasteiger partial charge < -0.3 is 5.32 Å². The molecule has 3 heterocycles. The lowest BCUT2D eigenvalue weighted by Crippen LogP contribution is -2.17. The Labute approximate surface area is 168 Å². The molecule has 0 atom stereocenters. The van der Waals surface area contributed by atoms with Crippen molar-refractivity contribution in [1.82, 2.24) is 29.7 Å². The second-order valence-electron chi connectivity index (χ2n) is 6.32. The number of anilines is 1. The van der Waals surface area contributed by atoms with Crippen LogP contribution in [0.15, 0.2) is 38.7 Å². The Hall–Kier alpha value is -3.47. The fraction of sp³-hybridized carbons (Fsp3) is 0.222. The lowest BCUT2D eigenvalue weighted by atomic mass is 10.1. The van der Waals surface area contributed by atoms with Gasteiger partial charge in [-0.1, -0.05) is 29.1 Å². The number of amides is 1. The molecule has 29 heavy (non-hydrogen) atoms. The van der Waals surface area contributed by atoms with Crippen LogP contribution >= 0.6 is 11.8 Å². The van der Waals surface area contributed by atoms with Crippen LogP contribution in [0.1, 0.15) is 17.0 Å². The van der Waals surface area contributed by atoms with Gasteiger partial charge in [-0.15, -0.1) is 5.10 Å². The summed E-state index contributed by atoms with van der Waals surface area (Å²) in [5, 5.41) is 11.5. The molecule has 0 radical (unpaired) electrons. The van der Waals surface area contributed by atoms with E-state index in [1.165, 1.54) is 11.8 Å². The molecule has 0 aliphatic rings. The number of aryl methyl sites for hydroxylation is 2. The van der Waals surface area contributed by atoms with Crippen LogP contribution < -0.4 is 11.1 Å². The summed E-state index contributed by atoms with van der Waals surface area (Å²) in [5.74, 6) is -0.0274. The van der Waals surface area contributed by atoms with Gasteiger partial charge in [-0.25, -0.2) is 14.3 Å². The Kier molecular flexibility index (Phi) is 4.89. The van der Waals surface area contributed by atoms with Gasteiger partial charge >= 0.3 is 5.76 Å². The summed E-state index contributed by atoms with van der Waals surface area (Å²) in [6.07, 6.45) is 2.04. The highest BCUT2D eigenvalue weighted by Gasteiger charge is 2.16. The van der Waals surface area contributed by atoms with E-state index in [-0.39, 0.29) is 12.3 Å². The summed E-state index contributed by atoms with van der Waals surface area (Å²) in [6, 6.07) is 6.96. The minimum Gasteiger partial charge on any atom is -0.326 e. The van der Waals surface area contributed by atoms with Crippen LogP contribution in [0, 0.1) is 13.8 Å². The van der Waals surface area contributed by atoms with Gasteiger partial charge in [0.15, 0.2) is 5.82 Å². The maximum absolute atomic E-state index is 12.7. The number of H-pyrrole nitrogens is 1. The Morgan fingerprint density at radius 3 is 2.86 bits per heavy atom. The van der Waals surface area contributed by atoms with Crippen molar-refractivity contribution < 1.29 is 9.32 Å². The lowest BCUT2D eigenvalue weighted by molar-refractivity contribution is -0.115. The fourth-order valence-electron chi connectivity index (χ4n) is 3.00. The first kappa shape index (κ1) is 18.9.